The molecule has 0 radical (unpaired) electrons. The second kappa shape index (κ2) is 14.9. The van der Waals surface area contributed by atoms with E-state index in [1.807, 2.05) is 60.7 Å². The molecule has 0 amide bonds. The number of rotatable bonds is 6. The van der Waals surface area contributed by atoms with E-state index >= 15 is 0 Å². The molecule has 9 N–H and O–H groups in total. The minimum atomic E-state index is -0.737. The number of hydrogen-bond acceptors (Lipinski definition) is 10. The molecule has 0 saturated carbocycles. The zero-order valence-corrected chi connectivity index (χ0v) is 35.7. The molecule has 10 nitrogen and oxygen atoms in total. The molecular weight excluding hydrogens is 845 g/mol. The largest absolute Gasteiger partial charge is 0.508 e. The van der Waals surface area contributed by atoms with Gasteiger partial charge in [0, 0.05) is 64.5 Å². The van der Waals surface area contributed by atoms with Crippen LogP contribution in [0.2, 0.25) is 0 Å². The van der Waals surface area contributed by atoms with Crippen LogP contribution in [0.15, 0.2) is 152 Å². The second-order valence-corrected chi connectivity index (χ2v) is 18.5. The van der Waals surface area contributed by atoms with E-state index in [4.69, 9.17) is 4.74 Å². The third-order valence-electron chi connectivity index (χ3n) is 14.8. The summed E-state index contributed by atoms with van der Waals surface area (Å²) in [7, 11) is 0. The van der Waals surface area contributed by atoms with E-state index in [2.05, 4.69) is 0 Å². The third kappa shape index (κ3) is 6.23. The molecule has 0 bridgehead atoms. The number of fused-ring (bicyclic) bond motifs is 9. The lowest BCUT2D eigenvalue weighted by Crippen LogP contribution is -2.15. The SMILES string of the molecule is Oc1ccc([C@@H]2c3c(O)cc4c(c3C3C2c2c(c(O)cc5c2[C@H](c2cc(O)cc(O)c2)[C@@H](c2ccc(O)cc2)O5)[C@H]3c2ccccc2)[C@H](c2cc(O)cc(O)c2)[C@@H](c2ccc(O)cc2)C4)cc1. The summed E-state index contributed by atoms with van der Waals surface area (Å²) < 4.78 is 6.92. The van der Waals surface area contributed by atoms with Gasteiger partial charge in [-0.15, -0.1) is 0 Å². The standard InChI is InChI=1S/C57H44O10/c58-34-12-6-27(7-13-34)41-22-33-23-42(65)50-47(29-8-14-35(59)15-9-29)55-54(53(50)48(33)45(41)31-18-37(61)24-38(62)19-31)46(28-4-2-1-3-5-28)51-43(66)26-44-52(56(51)55)49(32-20-39(63)25-40(64)21-32)57(67-44)30-10-16-36(60)17-11-30/h1-21,23-26,41,45-47,49,54-55,57-66H,22H2/t41-,45-,46-,47-,49+,54?,55?,57-/m1/s1. The van der Waals surface area contributed by atoms with Gasteiger partial charge < -0.3 is 50.7 Å². The number of aromatic hydroxyl groups is 9. The molecule has 12 rings (SSSR count). The van der Waals surface area contributed by atoms with Crippen molar-refractivity contribution in [1.82, 2.24) is 0 Å². The minimum Gasteiger partial charge on any atom is -0.508 e. The Morgan fingerprint density at radius 1 is 0.328 bits per heavy atom. The third-order valence-corrected chi connectivity index (χ3v) is 14.8. The number of benzene rings is 8. The highest BCUT2D eigenvalue weighted by Gasteiger charge is 2.59. The molecule has 3 aliphatic carbocycles. The minimum absolute atomic E-state index is 0.0140. The van der Waals surface area contributed by atoms with Crippen molar-refractivity contribution in [2.45, 2.75) is 54.0 Å². The van der Waals surface area contributed by atoms with Crippen molar-refractivity contribution in [2.75, 3.05) is 0 Å². The fourth-order valence-corrected chi connectivity index (χ4v) is 12.6. The van der Waals surface area contributed by atoms with E-state index in [1.54, 1.807) is 78.9 Å². The molecule has 4 aliphatic rings. The second-order valence-electron chi connectivity index (χ2n) is 18.5. The highest BCUT2D eigenvalue weighted by Crippen LogP contribution is 2.74. The van der Waals surface area contributed by atoms with Gasteiger partial charge in [0.15, 0.2) is 0 Å². The van der Waals surface area contributed by atoms with Crippen molar-refractivity contribution in [3.63, 3.8) is 0 Å². The molecule has 0 fully saturated rings. The van der Waals surface area contributed by atoms with Crippen LogP contribution in [0.5, 0.6) is 57.5 Å². The van der Waals surface area contributed by atoms with E-state index in [1.165, 1.54) is 12.1 Å². The molecule has 2 unspecified atom stereocenters. The average Bonchev–Trinajstić information content (AvgIpc) is 4.05. The smallest absolute Gasteiger partial charge is 0.135 e. The van der Waals surface area contributed by atoms with E-state index < -0.39 is 41.6 Å². The Morgan fingerprint density at radius 2 is 0.776 bits per heavy atom. The van der Waals surface area contributed by atoms with E-state index in [-0.39, 0.29) is 57.7 Å². The first kappa shape index (κ1) is 40.3. The number of phenols is 9. The van der Waals surface area contributed by atoms with Crippen molar-refractivity contribution in [3.05, 3.63) is 224 Å². The van der Waals surface area contributed by atoms with Gasteiger partial charge in [-0.2, -0.15) is 0 Å². The number of ether oxygens (including phenoxy) is 1. The Kier molecular flexibility index (Phi) is 8.96. The summed E-state index contributed by atoms with van der Waals surface area (Å²) in [5, 5.41) is 101. The molecule has 8 aromatic carbocycles. The van der Waals surface area contributed by atoms with Crippen LogP contribution in [-0.2, 0) is 6.42 Å². The van der Waals surface area contributed by atoms with Gasteiger partial charge in [0.2, 0.25) is 0 Å². The van der Waals surface area contributed by atoms with Gasteiger partial charge in [-0.3, -0.25) is 0 Å². The maximum atomic E-state index is 12.7. The van der Waals surface area contributed by atoms with Gasteiger partial charge in [-0.25, -0.2) is 0 Å². The summed E-state index contributed by atoms with van der Waals surface area (Å²) in [5.74, 6) is -3.16. The molecule has 10 heteroatoms. The predicted octanol–water partition coefficient (Wildman–Crippen LogP) is 10.9. The topological polar surface area (TPSA) is 191 Å². The fourth-order valence-electron chi connectivity index (χ4n) is 12.6. The van der Waals surface area contributed by atoms with E-state index in [9.17, 15) is 46.0 Å². The Morgan fingerprint density at radius 3 is 1.31 bits per heavy atom. The first-order valence-electron chi connectivity index (χ1n) is 22.3. The van der Waals surface area contributed by atoms with Gasteiger partial charge in [0.1, 0.15) is 63.6 Å². The van der Waals surface area contributed by atoms with Crippen LogP contribution in [0, 0.1) is 0 Å². The Labute approximate surface area is 384 Å². The van der Waals surface area contributed by atoms with Crippen molar-refractivity contribution in [2.24, 2.45) is 0 Å². The van der Waals surface area contributed by atoms with Crippen LogP contribution >= 0.6 is 0 Å². The molecule has 0 saturated heterocycles. The van der Waals surface area contributed by atoms with Crippen molar-refractivity contribution in [1.29, 1.82) is 0 Å². The summed E-state index contributed by atoms with van der Waals surface area (Å²) in [6.07, 6.45) is -0.252. The van der Waals surface area contributed by atoms with Crippen molar-refractivity contribution >= 4 is 0 Å². The first-order chi connectivity index (χ1) is 32.4. The van der Waals surface area contributed by atoms with E-state index in [0.717, 1.165) is 44.5 Å². The lowest BCUT2D eigenvalue weighted by molar-refractivity contribution is 0.221. The van der Waals surface area contributed by atoms with Crippen molar-refractivity contribution in [3.8, 4) is 57.5 Å². The molecule has 67 heavy (non-hydrogen) atoms. The van der Waals surface area contributed by atoms with Gasteiger partial charge in [0.25, 0.3) is 0 Å². The zero-order valence-electron chi connectivity index (χ0n) is 35.7. The van der Waals surface area contributed by atoms with E-state index in [0.29, 0.717) is 40.0 Å². The molecule has 1 aliphatic heterocycles. The summed E-state index contributed by atoms with van der Waals surface area (Å²) in [5.41, 5.74) is 10.2. The maximum Gasteiger partial charge on any atom is 0.135 e. The molecule has 332 valence electrons. The van der Waals surface area contributed by atoms with Crippen LogP contribution in [0.25, 0.3) is 0 Å². The lowest BCUT2D eigenvalue weighted by atomic mass is 9.74. The quantitative estimate of drug-likeness (QED) is 0.0776. The van der Waals surface area contributed by atoms with Gasteiger partial charge >= 0.3 is 0 Å². The monoisotopic (exact) mass is 888 g/mol. The lowest BCUT2D eigenvalue weighted by Gasteiger charge is -2.28. The molecule has 1 heterocycles. The molecule has 0 aromatic heterocycles. The first-order valence-corrected chi connectivity index (χ1v) is 22.3. The highest BCUT2D eigenvalue weighted by molar-refractivity contribution is 5.75. The Hall–Kier alpha value is -8.24. The van der Waals surface area contributed by atoms with Crippen LogP contribution in [0.3, 0.4) is 0 Å². The molecule has 0 spiro atoms. The van der Waals surface area contributed by atoms with Crippen LogP contribution in [0.4, 0.5) is 0 Å². The van der Waals surface area contributed by atoms with Crippen molar-refractivity contribution < 1.29 is 50.7 Å². The van der Waals surface area contributed by atoms with Gasteiger partial charge in [0.05, 0.1) is 5.92 Å². The molecule has 8 aromatic rings. The Bertz CT molecular complexity index is 3240. The van der Waals surface area contributed by atoms with Crippen LogP contribution < -0.4 is 4.74 Å². The number of phenolic OH excluding ortho intramolecular Hbond substituents is 9. The molecular formula is C57H44O10. The average molecular weight is 889 g/mol. The fraction of sp³-hybridized carbons (Fsp3) is 0.158. The van der Waals surface area contributed by atoms with Gasteiger partial charge in [-0.1, -0.05) is 66.7 Å². The summed E-state index contributed by atoms with van der Waals surface area (Å²) in [6.45, 7) is 0. The highest BCUT2D eigenvalue weighted by atomic mass is 16.5. The molecule has 8 atom stereocenters. The summed E-state index contributed by atoms with van der Waals surface area (Å²) in [6, 6.07) is 43.3. The maximum absolute atomic E-state index is 12.7. The van der Waals surface area contributed by atoms with Crippen LogP contribution in [-0.4, -0.2) is 46.0 Å². The zero-order chi connectivity index (χ0) is 46.0. The summed E-state index contributed by atoms with van der Waals surface area (Å²) in [4.78, 5) is 0. The van der Waals surface area contributed by atoms with Gasteiger partial charge in [-0.05, 0) is 135 Å². The summed E-state index contributed by atoms with van der Waals surface area (Å²) >= 11 is 0. The predicted molar refractivity (Wildman–Crippen MR) is 249 cm³/mol. The van der Waals surface area contributed by atoms with Crippen LogP contribution in [0.1, 0.15) is 120 Å². The Balaban J connectivity index is 1.19. The normalized spacial score (nSPS) is 22.9. The number of hydrogen-bond donors (Lipinski definition) is 9.